The van der Waals surface area contributed by atoms with Gasteiger partial charge < -0.3 is 19.5 Å². The first-order valence-electron chi connectivity index (χ1n) is 10.6. The minimum Gasteiger partial charge on any atom is -0.507 e. The van der Waals surface area contributed by atoms with Crippen molar-refractivity contribution in [3.63, 3.8) is 0 Å². The van der Waals surface area contributed by atoms with Crippen LogP contribution in [0.25, 0.3) is 5.76 Å². The molecule has 3 aromatic rings. The first kappa shape index (κ1) is 22.1. The van der Waals surface area contributed by atoms with E-state index in [9.17, 15) is 14.7 Å². The Morgan fingerprint density at radius 3 is 2.52 bits per heavy atom. The highest BCUT2D eigenvalue weighted by Gasteiger charge is 2.45. The van der Waals surface area contributed by atoms with Crippen LogP contribution in [0, 0.1) is 0 Å². The van der Waals surface area contributed by atoms with Gasteiger partial charge in [0.2, 0.25) is 6.33 Å². The van der Waals surface area contributed by atoms with Gasteiger partial charge in [-0.15, -0.1) is 0 Å². The second kappa shape index (κ2) is 9.60. The molecule has 1 amide bonds. The molecule has 0 spiro atoms. The van der Waals surface area contributed by atoms with Crippen LogP contribution >= 0.6 is 0 Å². The third kappa shape index (κ3) is 4.45. The number of nitrogens with one attached hydrogen (secondary N) is 1. The van der Waals surface area contributed by atoms with Crippen LogP contribution in [0.2, 0.25) is 0 Å². The summed E-state index contributed by atoms with van der Waals surface area (Å²) in [5.74, 6) is -0.356. The van der Waals surface area contributed by atoms with Crippen molar-refractivity contribution in [2.24, 2.45) is 0 Å². The highest BCUT2D eigenvalue weighted by molar-refractivity contribution is 6.46. The van der Waals surface area contributed by atoms with Gasteiger partial charge in [-0.3, -0.25) is 14.6 Å². The number of Topliss-reactive ketones (excluding diaryl/α,β-unsaturated/α-hetero) is 1. The molecule has 1 saturated heterocycles. The summed E-state index contributed by atoms with van der Waals surface area (Å²) in [6.45, 7) is 1.03. The molecule has 1 aliphatic heterocycles. The van der Waals surface area contributed by atoms with Gasteiger partial charge in [-0.2, -0.15) is 0 Å². The summed E-state index contributed by atoms with van der Waals surface area (Å²) >= 11 is 0. The van der Waals surface area contributed by atoms with E-state index in [1.165, 1.54) is 12.0 Å². The number of likely N-dealkylation sites (tertiary alicyclic amines) is 1. The number of methoxy groups -OCH3 is 2. The van der Waals surface area contributed by atoms with Gasteiger partial charge >= 0.3 is 0 Å². The molecule has 4 rings (SSSR count). The summed E-state index contributed by atoms with van der Waals surface area (Å²) in [6.07, 6.45) is 6.19. The average molecular weight is 448 g/mol. The Bertz CT molecular complexity index is 1170. The van der Waals surface area contributed by atoms with Crippen LogP contribution in [0.3, 0.4) is 0 Å². The molecule has 1 fully saturated rings. The Hall–Kier alpha value is -4.07. The number of amides is 1. The van der Waals surface area contributed by atoms with Crippen LogP contribution in [-0.2, 0) is 16.1 Å². The second-order valence-electron chi connectivity index (χ2n) is 7.70. The molecule has 1 aliphatic rings. The molecule has 2 heterocycles. The number of ether oxygens (including phenoxy) is 2. The Morgan fingerprint density at radius 1 is 1.09 bits per heavy atom. The normalized spacial score (nSPS) is 17.4. The van der Waals surface area contributed by atoms with E-state index >= 15 is 0 Å². The number of H-pyrrole nitrogens is 1. The van der Waals surface area contributed by atoms with E-state index in [1.807, 2.05) is 35.4 Å². The smallest absolute Gasteiger partial charge is 0.295 e. The van der Waals surface area contributed by atoms with E-state index in [2.05, 4.69) is 4.98 Å². The zero-order chi connectivity index (χ0) is 23.4. The SMILES string of the molecule is COc1ccc(C2/C(=C(\O)c3cccc(OC)c3)C(=O)C(=O)N2CCC[n+]2cc[nH]c2)cc1. The molecule has 170 valence electrons. The summed E-state index contributed by atoms with van der Waals surface area (Å²) in [5, 5.41) is 11.1. The summed E-state index contributed by atoms with van der Waals surface area (Å²) in [4.78, 5) is 30.7. The molecule has 8 heteroatoms. The number of ketones is 1. The van der Waals surface area contributed by atoms with E-state index in [1.54, 1.807) is 43.5 Å². The Labute approximate surface area is 191 Å². The van der Waals surface area contributed by atoms with Crippen LogP contribution in [0.1, 0.15) is 23.6 Å². The van der Waals surface area contributed by atoms with Gasteiger partial charge in [0, 0.05) is 18.5 Å². The lowest BCUT2D eigenvalue weighted by atomic mass is 9.95. The van der Waals surface area contributed by atoms with Crippen molar-refractivity contribution in [1.29, 1.82) is 0 Å². The summed E-state index contributed by atoms with van der Waals surface area (Å²) in [5.41, 5.74) is 1.19. The number of benzene rings is 2. The first-order chi connectivity index (χ1) is 16.0. The van der Waals surface area contributed by atoms with E-state index in [-0.39, 0.29) is 11.3 Å². The highest BCUT2D eigenvalue weighted by Crippen LogP contribution is 2.40. The molecule has 1 unspecified atom stereocenters. The number of aryl methyl sites for hydroxylation is 1. The molecule has 1 atom stereocenters. The van der Waals surface area contributed by atoms with Gasteiger partial charge in [0.15, 0.2) is 0 Å². The number of rotatable bonds is 8. The number of carbonyl (C=O) groups excluding carboxylic acids is 2. The van der Waals surface area contributed by atoms with Crippen LogP contribution in [-0.4, -0.2) is 47.4 Å². The van der Waals surface area contributed by atoms with Gasteiger partial charge in [0.25, 0.3) is 11.7 Å². The van der Waals surface area contributed by atoms with Gasteiger partial charge in [-0.25, -0.2) is 4.57 Å². The number of aromatic nitrogens is 2. The van der Waals surface area contributed by atoms with Gasteiger partial charge in [0.1, 0.15) is 29.7 Å². The lowest BCUT2D eigenvalue weighted by Gasteiger charge is -2.25. The minimum absolute atomic E-state index is 0.0627. The maximum Gasteiger partial charge on any atom is 0.295 e. The molecule has 8 nitrogen and oxygen atoms in total. The lowest BCUT2D eigenvalue weighted by molar-refractivity contribution is -0.695. The molecule has 33 heavy (non-hydrogen) atoms. The summed E-state index contributed by atoms with van der Waals surface area (Å²) in [7, 11) is 3.10. The number of hydrogen-bond acceptors (Lipinski definition) is 5. The molecule has 2 aromatic carbocycles. The lowest BCUT2D eigenvalue weighted by Crippen LogP contribution is -2.36. The van der Waals surface area contributed by atoms with Crippen molar-refractivity contribution in [1.82, 2.24) is 9.88 Å². The molecule has 2 N–H and O–H groups in total. The van der Waals surface area contributed by atoms with E-state index in [0.717, 1.165) is 0 Å². The number of nitrogens with zero attached hydrogens (tertiary/aromatic N) is 2. The van der Waals surface area contributed by atoms with Gasteiger partial charge in [-0.1, -0.05) is 24.3 Å². The van der Waals surface area contributed by atoms with Crippen LogP contribution in [0.15, 0.2) is 72.8 Å². The number of hydrogen-bond donors (Lipinski definition) is 2. The van der Waals surface area contributed by atoms with Crippen molar-refractivity contribution in [2.45, 2.75) is 19.0 Å². The van der Waals surface area contributed by atoms with Crippen LogP contribution in [0.5, 0.6) is 11.5 Å². The highest BCUT2D eigenvalue weighted by atomic mass is 16.5. The van der Waals surface area contributed by atoms with Crippen molar-refractivity contribution < 1.29 is 28.7 Å². The maximum atomic E-state index is 13.1. The Kier molecular flexibility index (Phi) is 6.44. The molecular formula is C25H26N3O5+. The maximum absolute atomic E-state index is 13.1. The van der Waals surface area contributed by atoms with Crippen molar-refractivity contribution in [2.75, 3.05) is 20.8 Å². The number of aliphatic hydroxyl groups excluding tert-OH is 1. The molecule has 0 bridgehead atoms. The van der Waals surface area contributed by atoms with E-state index in [0.29, 0.717) is 42.1 Å². The fourth-order valence-corrected chi connectivity index (χ4v) is 4.05. The third-order valence-corrected chi connectivity index (χ3v) is 5.73. The topological polar surface area (TPSA) is 95.7 Å². The molecule has 1 aromatic heterocycles. The predicted octanol–water partition coefficient (Wildman–Crippen LogP) is 2.83. The quantitative estimate of drug-likeness (QED) is 0.239. The first-order valence-corrected chi connectivity index (χ1v) is 10.6. The zero-order valence-electron chi connectivity index (χ0n) is 18.5. The number of carbonyl (C=O) groups is 2. The summed E-state index contributed by atoms with van der Waals surface area (Å²) in [6, 6.07) is 13.2. The second-order valence-corrected chi connectivity index (χ2v) is 7.70. The average Bonchev–Trinajstić information content (AvgIpc) is 3.46. The molecule has 0 radical (unpaired) electrons. The van der Waals surface area contributed by atoms with Crippen molar-refractivity contribution >= 4 is 17.4 Å². The molecule has 0 aliphatic carbocycles. The van der Waals surface area contributed by atoms with E-state index in [4.69, 9.17) is 9.47 Å². The largest absolute Gasteiger partial charge is 0.507 e. The van der Waals surface area contributed by atoms with E-state index < -0.39 is 17.7 Å². The number of aliphatic hydroxyl groups is 1. The molecule has 0 saturated carbocycles. The standard InChI is InChI=1S/C25H25N3O5/c1-32-19-9-7-17(8-10-19)22-21(23(29)18-5-3-6-20(15-18)33-2)24(30)25(31)28(22)13-4-12-27-14-11-26-16-27/h3,5-11,14-16,22H,4,12-13H2,1-2H3,(H,29,30)/p+1. The van der Waals surface area contributed by atoms with Crippen LogP contribution in [0.4, 0.5) is 0 Å². The third-order valence-electron chi connectivity index (χ3n) is 5.73. The summed E-state index contributed by atoms with van der Waals surface area (Å²) < 4.78 is 12.5. The predicted molar refractivity (Wildman–Crippen MR) is 121 cm³/mol. The minimum atomic E-state index is -0.710. The molecular weight excluding hydrogens is 422 g/mol. The Morgan fingerprint density at radius 2 is 1.85 bits per heavy atom. The van der Waals surface area contributed by atoms with Gasteiger partial charge in [-0.05, 0) is 29.8 Å². The fraction of sp³-hybridized carbons (Fsp3) is 0.240. The fourth-order valence-electron chi connectivity index (χ4n) is 4.05. The number of imidazole rings is 1. The number of aromatic amines is 1. The Balaban J connectivity index is 1.74. The van der Waals surface area contributed by atoms with Crippen molar-refractivity contribution in [3.05, 3.63) is 84.0 Å². The van der Waals surface area contributed by atoms with Crippen LogP contribution < -0.4 is 14.0 Å². The van der Waals surface area contributed by atoms with Crippen molar-refractivity contribution in [3.8, 4) is 11.5 Å². The van der Waals surface area contributed by atoms with Gasteiger partial charge in [0.05, 0.1) is 32.4 Å². The zero-order valence-corrected chi connectivity index (χ0v) is 18.5. The monoisotopic (exact) mass is 448 g/mol.